The van der Waals surface area contributed by atoms with E-state index in [9.17, 15) is 4.79 Å². The lowest BCUT2D eigenvalue weighted by atomic mass is 9.71. The highest BCUT2D eigenvalue weighted by Gasteiger charge is 2.64. The molecule has 0 aromatic heterocycles. The van der Waals surface area contributed by atoms with Gasteiger partial charge in [0.2, 0.25) is 0 Å². The molecular formula is C47H45N3O4P2. The van der Waals surface area contributed by atoms with Gasteiger partial charge in [-0.2, -0.15) is 0 Å². The lowest BCUT2D eigenvalue weighted by Crippen LogP contribution is -2.73. The highest BCUT2D eigenvalue weighted by atomic mass is 31.1. The highest BCUT2D eigenvalue weighted by molar-refractivity contribution is 7.80. The van der Waals surface area contributed by atoms with Gasteiger partial charge in [0.1, 0.15) is 16.7 Å². The van der Waals surface area contributed by atoms with Crippen LogP contribution in [0.4, 0.5) is 4.79 Å². The van der Waals surface area contributed by atoms with Crippen LogP contribution in [0.25, 0.3) is 0 Å². The minimum Gasteiger partial charge on any atom is -0.444 e. The van der Waals surface area contributed by atoms with Crippen LogP contribution < -0.4 is 43.3 Å². The zero-order valence-electron chi connectivity index (χ0n) is 31.7. The maximum Gasteiger partial charge on any atom is 0.410 e. The standard InChI is InChI=1S/C47H45N3O4P2/c1-45(2,3)54-44(53)50-32-46(48,42(51)38-28-16-18-30-40(38)55(34-20-8-4-9-21-34)35-22-10-5-11-23-35)47(49,33-50)43(52)39-29-17-19-31-41(39)56(36-24-12-6-13-25-36)37-26-14-7-15-27-37/h4-31H,32-33,48-49H2,1-3H3/t46-,47-/m0/s1. The Balaban J connectivity index is 1.39. The second-order valence-electron chi connectivity index (χ2n) is 15.0. The van der Waals surface area contributed by atoms with E-state index < -0.39 is 50.2 Å². The molecule has 7 rings (SSSR count). The number of likely N-dealkylation sites (tertiary alicyclic amines) is 1. The molecule has 1 saturated heterocycles. The molecule has 4 N–H and O–H groups in total. The number of nitrogens with zero attached hydrogens (tertiary/aromatic N) is 1. The molecule has 9 heteroatoms. The van der Waals surface area contributed by atoms with E-state index in [4.69, 9.17) is 16.2 Å². The first-order valence-corrected chi connectivity index (χ1v) is 21.2. The van der Waals surface area contributed by atoms with E-state index in [0.29, 0.717) is 11.1 Å². The molecule has 0 spiro atoms. The first-order chi connectivity index (χ1) is 26.9. The Morgan fingerprint density at radius 3 is 1.09 bits per heavy atom. The van der Waals surface area contributed by atoms with Gasteiger partial charge in [0, 0.05) is 11.1 Å². The van der Waals surface area contributed by atoms with Crippen molar-refractivity contribution in [3.63, 3.8) is 0 Å². The monoisotopic (exact) mass is 777 g/mol. The molecule has 0 bridgehead atoms. The lowest BCUT2D eigenvalue weighted by Gasteiger charge is -2.38. The Morgan fingerprint density at radius 1 is 0.500 bits per heavy atom. The Labute approximate surface area is 331 Å². The van der Waals surface area contributed by atoms with Gasteiger partial charge in [-0.1, -0.05) is 170 Å². The normalized spacial score (nSPS) is 18.2. The van der Waals surface area contributed by atoms with E-state index in [2.05, 4.69) is 48.5 Å². The largest absolute Gasteiger partial charge is 0.444 e. The fourth-order valence-corrected chi connectivity index (χ4v) is 12.2. The van der Waals surface area contributed by atoms with Crippen LogP contribution in [-0.4, -0.2) is 52.3 Å². The quantitative estimate of drug-likeness (QED) is 0.132. The second kappa shape index (κ2) is 16.1. The summed E-state index contributed by atoms with van der Waals surface area (Å²) in [4.78, 5) is 46.1. The summed E-state index contributed by atoms with van der Waals surface area (Å²) < 4.78 is 5.79. The van der Waals surface area contributed by atoms with Crippen molar-refractivity contribution in [1.82, 2.24) is 4.90 Å². The van der Waals surface area contributed by atoms with Gasteiger partial charge in [-0.05, 0) is 68.4 Å². The van der Waals surface area contributed by atoms with E-state index in [1.165, 1.54) is 4.90 Å². The number of carbonyl (C=O) groups is 3. The smallest absolute Gasteiger partial charge is 0.410 e. The van der Waals surface area contributed by atoms with Crippen LogP contribution in [0.15, 0.2) is 170 Å². The number of carbonyl (C=O) groups excluding carboxylic acids is 3. The van der Waals surface area contributed by atoms with Gasteiger partial charge in [0.05, 0.1) is 13.1 Å². The Morgan fingerprint density at radius 2 is 0.786 bits per heavy atom. The molecule has 2 atom stereocenters. The number of rotatable bonds is 10. The number of benzene rings is 6. The van der Waals surface area contributed by atoms with E-state index in [-0.39, 0.29) is 13.1 Å². The molecule has 0 radical (unpaired) electrons. The fraction of sp³-hybridized carbons (Fsp3) is 0.170. The fourth-order valence-electron chi connectivity index (χ4n) is 7.31. The number of ketones is 2. The van der Waals surface area contributed by atoms with E-state index in [1.54, 1.807) is 45.0 Å². The van der Waals surface area contributed by atoms with Crippen molar-refractivity contribution in [2.75, 3.05) is 13.1 Å². The van der Waals surface area contributed by atoms with Gasteiger partial charge >= 0.3 is 6.09 Å². The summed E-state index contributed by atoms with van der Waals surface area (Å²) in [6.07, 6.45) is -0.700. The molecule has 56 heavy (non-hydrogen) atoms. The predicted molar refractivity (Wildman–Crippen MR) is 231 cm³/mol. The van der Waals surface area contributed by atoms with Crippen LogP contribution >= 0.6 is 15.8 Å². The van der Waals surface area contributed by atoms with Crippen molar-refractivity contribution in [3.8, 4) is 0 Å². The third-order valence-corrected chi connectivity index (χ3v) is 15.0. The molecule has 282 valence electrons. The van der Waals surface area contributed by atoms with Crippen LogP contribution in [0.5, 0.6) is 0 Å². The number of nitrogens with two attached hydrogens (primary N) is 2. The van der Waals surface area contributed by atoms with Crippen molar-refractivity contribution in [2.24, 2.45) is 11.5 Å². The Kier molecular flexibility index (Phi) is 11.2. The summed E-state index contributed by atoms with van der Waals surface area (Å²) >= 11 is 0. The van der Waals surface area contributed by atoms with Crippen molar-refractivity contribution in [3.05, 3.63) is 181 Å². The van der Waals surface area contributed by atoms with Gasteiger partial charge in [0.25, 0.3) is 0 Å². The number of hydrogen-bond donors (Lipinski definition) is 2. The molecule has 6 aromatic rings. The summed E-state index contributed by atoms with van der Waals surface area (Å²) in [5.74, 6) is -1.03. The van der Waals surface area contributed by atoms with Crippen LogP contribution in [0, 0.1) is 0 Å². The van der Waals surface area contributed by atoms with E-state index in [1.807, 2.05) is 97.1 Å². The first-order valence-electron chi connectivity index (χ1n) is 18.6. The molecule has 1 aliphatic heterocycles. The zero-order chi connectivity index (χ0) is 39.5. The van der Waals surface area contributed by atoms with E-state index in [0.717, 1.165) is 31.8 Å². The molecule has 6 aromatic carbocycles. The number of hydrogen-bond acceptors (Lipinski definition) is 6. The molecule has 1 amide bonds. The summed E-state index contributed by atoms with van der Waals surface area (Å²) in [6, 6.07) is 55.0. The summed E-state index contributed by atoms with van der Waals surface area (Å²) in [5, 5.41) is 5.72. The molecule has 7 nitrogen and oxygen atoms in total. The highest BCUT2D eigenvalue weighted by Crippen LogP contribution is 2.40. The summed E-state index contributed by atoms with van der Waals surface area (Å²) in [5.41, 5.74) is 10.6. The van der Waals surface area contributed by atoms with Crippen molar-refractivity contribution >= 4 is 65.3 Å². The summed E-state index contributed by atoms with van der Waals surface area (Å²) in [7, 11) is -2.48. The molecule has 1 heterocycles. The topological polar surface area (TPSA) is 116 Å². The molecule has 0 saturated carbocycles. The van der Waals surface area contributed by atoms with Gasteiger partial charge in [-0.3, -0.25) is 9.59 Å². The average molecular weight is 778 g/mol. The maximum atomic E-state index is 15.5. The van der Waals surface area contributed by atoms with Gasteiger partial charge < -0.3 is 21.1 Å². The number of Topliss-reactive ketones (excluding diaryl/α,β-unsaturated/α-hetero) is 2. The van der Waals surface area contributed by atoms with Crippen LogP contribution in [-0.2, 0) is 4.74 Å². The SMILES string of the molecule is CC(C)(C)OC(=O)N1C[C@](N)(C(=O)c2ccccc2P(c2ccccc2)c2ccccc2)[C@@](N)(C(=O)c2ccccc2P(c2ccccc2)c2ccccc2)C1. The predicted octanol–water partition coefficient (Wildman–Crippen LogP) is 5.91. The zero-order valence-corrected chi connectivity index (χ0v) is 33.5. The second-order valence-corrected chi connectivity index (χ2v) is 19.4. The number of ether oxygens (including phenoxy) is 1. The Bertz CT molecular complexity index is 2110. The lowest BCUT2D eigenvalue weighted by molar-refractivity contribution is 0.0281. The first kappa shape index (κ1) is 39.0. The average Bonchev–Trinajstić information content (AvgIpc) is 3.51. The van der Waals surface area contributed by atoms with Gasteiger partial charge in [-0.25, -0.2) is 4.79 Å². The minimum atomic E-state index is -2.04. The minimum absolute atomic E-state index is 0.319. The summed E-state index contributed by atoms with van der Waals surface area (Å²) in [6.45, 7) is 4.65. The van der Waals surface area contributed by atoms with Gasteiger partial charge in [-0.15, -0.1) is 0 Å². The van der Waals surface area contributed by atoms with Crippen LogP contribution in [0.2, 0.25) is 0 Å². The van der Waals surface area contributed by atoms with Crippen LogP contribution in [0.3, 0.4) is 0 Å². The van der Waals surface area contributed by atoms with E-state index >= 15 is 9.59 Å². The van der Waals surface area contributed by atoms with Crippen LogP contribution in [0.1, 0.15) is 41.5 Å². The third-order valence-electron chi connectivity index (χ3n) is 9.98. The number of amides is 1. The third kappa shape index (κ3) is 7.61. The molecular weight excluding hydrogens is 732 g/mol. The van der Waals surface area contributed by atoms with Gasteiger partial charge in [0.15, 0.2) is 11.6 Å². The molecule has 0 unspecified atom stereocenters. The molecule has 1 aliphatic rings. The van der Waals surface area contributed by atoms with Crippen molar-refractivity contribution < 1.29 is 19.1 Å². The Hall–Kier alpha value is -5.29. The van der Waals surface area contributed by atoms with Crippen molar-refractivity contribution in [1.29, 1.82) is 0 Å². The molecule has 1 fully saturated rings. The molecule has 0 aliphatic carbocycles. The van der Waals surface area contributed by atoms with Crippen molar-refractivity contribution in [2.45, 2.75) is 37.5 Å². The maximum absolute atomic E-state index is 15.5.